The summed E-state index contributed by atoms with van der Waals surface area (Å²) in [7, 11) is 0. The number of esters is 1. The Morgan fingerprint density at radius 1 is 1.06 bits per heavy atom. The average Bonchev–Trinajstić information content (AvgIpc) is 2.78. The molecule has 0 aliphatic carbocycles. The van der Waals surface area contributed by atoms with E-state index < -0.39 is 5.97 Å². The summed E-state index contributed by atoms with van der Waals surface area (Å²) in [6.07, 6.45) is 1.32. The van der Waals surface area contributed by atoms with Crippen LogP contribution in [0, 0.1) is 13.8 Å². The van der Waals surface area contributed by atoms with E-state index in [1.165, 1.54) is 0 Å². The van der Waals surface area contributed by atoms with E-state index in [0.717, 1.165) is 12.0 Å². The molecule has 176 valence electrons. The molecule has 2 amide bonds. The monoisotopic (exact) mass is 452 g/mol. The maximum atomic E-state index is 13.5. The number of rotatable bonds is 6. The van der Waals surface area contributed by atoms with Crippen LogP contribution in [0.1, 0.15) is 75.5 Å². The molecule has 0 bridgehead atoms. The normalized spacial score (nSPS) is 16.0. The number of carbonyl (C=O) groups excluding carboxylic acids is 3. The van der Waals surface area contributed by atoms with Crippen LogP contribution in [0.4, 0.5) is 0 Å². The molecular weight excluding hydrogens is 420 g/mol. The van der Waals surface area contributed by atoms with Crippen LogP contribution in [-0.4, -0.2) is 69.8 Å². The highest BCUT2D eigenvalue weighted by Gasteiger charge is 2.34. The summed E-state index contributed by atoms with van der Waals surface area (Å²) in [6, 6.07) is 7.32. The minimum absolute atomic E-state index is 0.0389. The van der Waals surface area contributed by atoms with Crippen molar-refractivity contribution < 1.29 is 19.1 Å². The quantitative estimate of drug-likeness (QED) is 0.625. The first-order valence-corrected chi connectivity index (χ1v) is 11.5. The first-order valence-electron chi connectivity index (χ1n) is 11.5. The second-order valence-corrected chi connectivity index (χ2v) is 8.33. The Labute approximate surface area is 195 Å². The van der Waals surface area contributed by atoms with Crippen molar-refractivity contribution in [3.05, 3.63) is 58.2 Å². The molecular formula is C25H32N4O4. The highest BCUT2D eigenvalue weighted by atomic mass is 16.5. The van der Waals surface area contributed by atoms with E-state index in [1.54, 1.807) is 23.6 Å². The summed E-state index contributed by atoms with van der Waals surface area (Å²) < 4.78 is 5.22. The number of hydrogen-bond acceptors (Lipinski definition) is 6. The molecule has 1 saturated heterocycles. The Hall–Kier alpha value is -3.29. The summed E-state index contributed by atoms with van der Waals surface area (Å²) in [5, 5.41) is 0. The molecule has 3 rings (SSSR count). The summed E-state index contributed by atoms with van der Waals surface area (Å²) in [6.45, 7) is 10.6. The maximum absolute atomic E-state index is 13.5. The molecule has 0 spiro atoms. The van der Waals surface area contributed by atoms with Gasteiger partial charge in [-0.25, -0.2) is 14.8 Å². The molecule has 33 heavy (non-hydrogen) atoms. The number of ether oxygens (including phenoxy) is 1. The van der Waals surface area contributed by atoms with Crippen LogP contribution in [0.3, 0.4) is 0 Å². The van der Waals surface area contributed by atoms with Crippen LogP contribution in [0.25, 0.3) is 0 Å². The van der Waals surface area contributed by atoms with Gasteiger partial charge in [0, 0.05) is 31.2 Å². The van der Waals surface area contributed by atoms with Gasteiger partial charge in [0.05, 0.1) is 12.3 Å². The third-order valence-corrected chi connectivity index (χ3v) is 5.82. The zero-order valence-corrected chi connectivity index (χ0v) is 20.1. The smallest absolute Gasteiger partial charge is 0.342 e. The number of hydrogen-bond donors (Lipinski definition) is 0. The van der Waals surface area contributed by atoms with E-state index in [1.807, 2.05) is 45.0 Å². The van der Waals surface area contributed by atoms with Crippen molar-refractivity contribution in [1.82, 2.24) is 19.8 Å². The zero-order valence-electron chi connectivity index (χ0n) is 20.1. The Balaban J connectivity index is 1.86. The topological polar surface area (TPSA) is 92.7 Å². The van der Waals surface area contributed by atoms with Gasteiger partial charge in [0.15, 0.2) is 0 Å². The first kappa shape index (κ1) is 24.4. The second kappa shape index (κ2) is 10.6. The molecule has 2 aromatic rings. The van der Waals surface area contributed by atoms with E-state index in [2.05, 4.69) is 9.97 Å². The highest BCUT2D eigenvalue weighted by molar-refractivity contribution is 6.05. The molecule has 0 saturated carbocycles. The number of amides is 2. The van der Waals surface area contributed by atoms with Gasteiger partial charge in [-0.1, -0.05) is 31.5 Å². The van der Waals surface area contributed by atoms with Crippen LogP contribution in [0.2, 0.25) is 0 Å². The van der Waals surface area contributed by atoms with Gasteiger partial charge in [-0.15, -0.1) is 0 Å². The molecule has 1 aromatic carbocycles. The van der Waals surface area contributed by atoms with Crippen molar-refractivity contribution in [1.29, 1.82) is 0 Å². The van der Waals surface area contributed by atoms with E-state index in [4.69, 9.17) is 4.74 Å². The zero-order chi connectivity index (χ0) is 24.1. The van der Waals surface area contributed by atoms with E-state index in [9.17, 15) is 14.4 Å². The highest BCUT2D eigenvalue weighted by Crippen LogP contribution is 2.21. The second-order valence-electron chi connectivity index (χ2n) is 8.33. The lowest BCUT2D eigenvalue weighted by molar-refractivity contribution is 0.0405. The van der Waals surface area contributed by atoms with E-state index in [0.29, 0.717) is 43.1 Å². The number of nitrogens with zero attached hydrogens (tertiary/aromatic N) is 4. The SMILES string of the molecule is CCCc1nc(C)nc(C(=O)N2CCN(C(=O)c3ccccc3C)C(C)C2)c1C(=O)OCC. The molecule has 1 aromatic heterocycles. The largest absolute Gasteiger partial charge is 0.462 e. The summed E-state index contributed by atoms with van der Waals surface area (Å²) in [5.41, 5.74) is 2.36. The van der Waals surface area contributed by atoms with Crippen LogP contribution in [0.5, 0.6) is 0 Å². The Morgan fingerprint density at radius 3 is 2.42 bits per heavy atom. The molecule has 1 unspecified atom stereocenters. The fourth-order valence-electron chi connectivity index (χ4n) is 4.18. The van der Waals surface area contributed by atoms with E-state index >= 15 is 0 Å². The molecule has 0 N–H and O–H groups in total. The minimum atomic E-state index is -0.578. The lowest BCUT2D eigenvalue weighted by atomic mass is 10.0. The lowest BCUT2D eigenvalue weighted by Gasteiger charge is -2.40. The van der Waals surface area contributed by atoms with Crippen LogP contribution < -0.4 is 0 Å². The van der Waals surface area contributed by atoms with Crippen molar-refractivity contribution >= 4 is 17.8 Å². The van der Waals surface area contributed by atoms with Crippen molar-refractivity contribution in [3.8, 4) is 0 Å². The van der Waals surface area contributed by atoms with Crippen LogP contribution in [-0.2, 0) is 11.2 Å². The molecule has 1 aliphatic rings. The minimum Gasteiger partial charge on any atom is -0.462 e. The maximum Gasteiger partial charge on any atom is 0.342 e. The van der Waals surface area contributed by atoms with Gasteiger partial charge in [0.2, 0.25) is 0 Å². The van der Waals surface area contributed by atoms with E-state index in [-0.39, 0.29) is 35.7 Å². The van der Waals surface area contributed by atoms with Crippen LogP contribution in [0.15, 0.2) is 24.3 Å². The van der Waals surface area contributed by atoms with Gasteiger partial charge in [-0.2, -0.15) is 0 Å². The molecule has 0 radical (unpaired) electrons. The molecule has 8 nitrogen and oxygen atoms in total. The van der Waals surface area contributed by atoms with Gasteiger partial charge in [0.1, 0.15) is 17.1 Å². The lowest BCUT2D eigenvalue weighted by Crippen LogP contribution is -2.55. The third-order valence-electron chi connectivity index (χ3n) is 5.82. The predicted molar refractivity (Wildman–Crippen MR) is 124 cm³/mol. The third kappa shape index (κ3) is 5.21. The fraction of sp³-hybridized carbons (Fsp3) is 0.480. The van der Waals surface area contributed by atoms with Crippen molar-refractivity contribution in [3.63, 3.8) is 0 Å². The van der Waals surface area contributed by atoms with Gasteiger partial charge < -0.3 is 14.5 Å². The van der Waals surface area contributed by atoms with Gasteiger partial charge in [-0.05, 0) is 45.7 Å². The fourth-order valence-corrected chi connectivity index (χ4v) is 4.18. The molecule has 2 heterocycles. The molecule has 8 heteroatoms. The predicted octanol–water partition coefficient (Wildman–Crippen LogP) is 3.21. The first-order chi connectivity index (χ1) is 15.8. The Kier molecular flexibility index (Phi) is 7.79. The number of carbonyl (C=O) groups is 3. The summed E-state index contributed by atoms with van der Waals surface area (Å²) >= 11 is 0. The Morgan fingerprint density at radius 2 is 1.79 bits per heavy atom. The summed E-state index contributed by atoms with van der Waals surface area (Å²) in [4.78, 5) is 51.5. The Bertz CT molecular complexity index is 1050. The van der Waals surface area contributed by atoms with Gasteiger partial charge >= 0.3 is 5.97 Å². The number of aromatic nitrogens is 2. The standard InChI is InChI=1S/C25H32N4O4/c1-6-10-20-21(25(32)33-7-2)22(27-18(5)26-20)24(31)28-13-14-29(17(4)15-28)23(30)19-12-9-8-11-16(19)3/h8-9,11-12,17H,6-7,10,13-15H2,1-5H3. The summed E-state index contributed by atoms with van der Waals surface area (Å²) in [5.74, 6) is -0.513. The van der Waals surface area contributed by atoms with Crippen molar-refractivity contribution in [2.45, 2.75) is 53.5 Å². The van der Waals surface area contributed by atoms with Gasteiger partial charge in [-0.3, -0.25) is 9.59 Å². The molecule has 1 fully saturated rings. The average molecular weight is 453 g/mol. The number of piperazine rings is 1. The van der Waals surface area contributed by atoms with Crippen LogP contribution >= 0.6 is 0 Å². The number of benzene rings is 1. The molecule has 1 aliphatic heterocycles. The molecule has 1 atom stereocenters. The van der Waals surface area contributed by atoms with Crippen molar-refractivity contribution in [2.75, 3.05) is 26.2 Å². The van der Waals surface area contributed by atoms with Crippen molar-refractivity contribution in [2.24, 2.45) is 0 Å². The number of aryl methyl sites for hydroxylation is 3. The van der Waals surface area contributed by atoms with Gasteiger partial charge in [0.25, 0.3) is 11.8 Å².